The van der Waals surface area contributed by atoms with E-state index in [1.54, 1.807) is 19.1 Å². The van der Waals surface area contributed by atoms with Crippen LogP contribution in [0, 0.1) is 0 Å². The quantitative estimate of drug-likeness (QED) is 0.508. The van der Waals surface area contributed by atoms with Crippen molar-refractivity contribution >= 4 is 5.97 Å². The molecule has 0 atom stereocenters. The number of carbonyl (C=O) groups is 1. The highest BCUT2D eigenvalue weighted by Gasteiger charge is 2.06. The van der Waals surface area contributed by atoms with Crippen molar-refractivity contribution in [1.29, 1.82) is 0 Å². The van der Waals surface area contributed by atoms with E-state index in [2.05, 4.69) is 11.9 Å². The highest BCUT2D eigenvalue weighted by atomic mass is 16.5. The molecule has 0 aromatic carbocycles. The molecule has 1 rings (SSSR count). The second-order valence-electron chi connectivity index (χ2n) is 3.92. The van der Waals surface area contributed by atoms with Crippen LogP contribution in [0.15, 0.2) is 18.3 Å². The van der Waals surface area contributed by atoms with E-state index in [4.69, 9.17) is 14.2 Å². The van der Waals surface area contributed by atoms with E-state index in [1.165, 1.54) is 6.20 Å². The average molecular weight is 267 g/mol. The van der Waals surface area contributed by atoms with Gasteiger partial charge in [0, 0.05) is 18.9 Å². The third-order valence-corrected chi connectivity index (χ3v) is 2.37. The Labute approximate surface area is 113 Å². The van der Waals surface area contributed by atoms with Gasteiger partial charge in [0.25, 0.3) is 0 Å². The highest BCUT2D eigenvalue weighted by molar-refractivity contribution is 5.89. The molecule has 1 aromatic rings. The monoisotopic (exact) mass is 267 g/mol. The molecule has 0 aliphatic heterocycles. The number of pyridine rings is 1. The molecular weight excluding hydrogens is 246 g/mol. The summed E-state index contributed by atoms with van der Waals surface area (Å²) in [5.41, 5.74) is 0.424. The molecule has 0 aliphatic carbocycles. The fourth-order valence-corrected chi connectivity index (χ4v) is 1.35. The maximum Gasteiger partial charge on any atom is 0.339 e. The first-order chi connectivity index (χ1) is 9.27. The lowest BCUT2D eigenvalue weighted by atomic mass is 10.3. The summed E-state index contributed by atoms with van der Waals surface area (Å²) >= 11 is 0. The molecule has 0 unspecified atom stereocenters. The third-order valence-electron chi connectivity index (χ3n) is 2.37. The maximum absolute atomic E-state index is 11.4. The number of ether oxygens (including phenoxy) is 3. The van der Waals surface area contributed by atoms with Gasteiger partial charge >= 0.3 is 5.97 Å². The molecule has 19 heavy (non-hydrogen) atoms. The van der Waals surface area contributed by atoms with Crippen molar-refractivity contribution in [2.45, 2.75) is 26.7 Å². The molecule has 0 aliphatic rings. The van der Waals surface area contributed by atoms with Gasteiger partial charge in [-0.1, -0.05) is 13.3 Å². The van der Waals surface area contributed by atoms with Crippen molar-refractivity contribution in [3.63, 3.8) is 0 Å². The van der Waals surface area contributed by atoms with Gasteiger partial charge in [-0.25, -0.2) is 9.78 Å². The number of rotatable bonds is 9. The number of unbranched alkanes of at least 4 members (excludes halogenated alkanes) is 1. The van der Waals surface area contributed by atoms with Gasteiger partial charge in [0.2, 0.25) is 5.88 Å². The van der Waals surface area contributed by atoms with Gasteiger partial charge in [-0.2, -0.15) is 0 Å². The molecule has 0 radical (unpaired) electrons. The lowest BCUT2D eigenvalue weighted by Gasteiger charge is -2.06. The Balaban J connectivity index is 2.26. The molecule has 5 nitrogen and oxygen atoms in total. The SMILES string of the molecule is CCCCOCCOc1ccc(C(=O)OCC)cn1. The Bertz CT molecular complexity index is 364. The van der Waals surface area contributed by atoms with E-state index in [1.807, 2.05) is 0 Å². The van der Waals surface area contributed by atoms with Crippen LogP contribution in [0.4, 0.5) is 0 Å². The average Bonchev–Trinajstić information content (AvgIpc) is 2.43. The van der Waals surface area contributed by atoms with Gasteiger partial charge in [0.05, 0.1) is 18.8 Å². The number of carbonyl (C=O) groups excluding carboxylic acids is 1. The summed E-state index contributed by atoms with van der Waals surface area (Å²) in [5, 5.41) is 0. The molecule has 1 aromatic heterocycles. The molecule has 106 valence electrons. The maximum atomic E-state index is 11.4. The van der Waals surface area contributed by atoms with Crippen molar-refractivity contribution < 1.29 is 19.0 Å². The highest BCUT2D eigenvalue weighted by Crippen LogP contribution is 2.08. The fourth-order valence-electron chi connectivity index (χ4n) is 1.35. The second kappa shape index (κ2) is 9.33. The summed E-state index contributed by atoms with van der Waals surface area (Å²) in [6.07, 6.45) is 3.63. The number of aromatic nitrogens is 1. The molecule has 0 saturated carbocycles. The van der Waals surface area contributed by atoms with Crippen LogP contribution in [-0.2, 0) is 9.47 Å². The van der Waals surface area contributed by atoms with Gasteiger partial charge in [-0.15, -0.1) is 0 Å². The predicted octanol–water partition coefficient (Wildman–Crippen LogP) is 2.45. The molecule has 5 heteroatoms. The topological polar surface area (TPSA) is 57.7 Å². The summed E-state index contributed by atoms with van der Waals surface area (Å²) in [6, 6.07) is 3.29. The normalized spacial score (nSPS) is 10.2. The number of nitrogens with zero attached hydrogens (tertiary/aromatic N) is 1. The molecule has 0 amide bonds. The Kier molecular flexibility index (Phi) is 7.58. The summed E-state index contributed by atoms with van der Waals surface area (Å²) in [7, 11) is 0. The van der Waals surface area contributed by atoms with E-state index in [-0.39, 0.29) is 5.97 Å². The van der Waals surface area contributed by atoms with Crippen LogP contribution in [-0.4, -0.2) is 37.4 Å². The number of hydrogen-bond donors (Lipinski definition) is 0. The minimum Gasteiger partial charge on any atom is -0.475 e. The van der Waals surface area contributed by atoms with E-state index in [9.17, 15) is 4.79 Å². The lowest BCUT2D eigenvalue weighted by molar-refractivity contribution is 0.0525. The van der Waals surface area contributed by atoms with Gasteiger partial charge in [-0.05, 0) is 19.4 Å². The van der Waals surface area contributed by atoms with Crippen LogP contribution in [0.5, 0.6) is 5.88 Å². The van der Waals surface area contributed by atoms with Gasteiger partial charge in [-0.3, -0.25) is 0 Å². The summed E-state index contributed by atoms with van der Waals surface area (Å²) < 4.78 is 15.6. The lowest BCUT2D eigenvalue weighted by Crippen LogP contribution is -2.09. The van der Waals surface area contributed by atoms with E-state index in [0.717, 1.165) is 19.4 Å². The van der Waals surface area contributed by atoms with Crippen LogP contribution >= 0.6 is 0 Å². The standard InChI is InChI=1S/C14H21NO4/c1-3-5-8-17-9-10-19-13-7-6-12(11-15-13)14(16)18-4-2/h6-7,11H,3-5,8-10H2,1-2H3. The summed E-state index contributed by atoms with van der Waals surface area (Å²) in [4.78, 5) is 15.4. The van der Waals surface area contributed by atoms with Crippen LogP contribution in [0.3, 0.4) is 0 Å². The molecule has 0 N–H and O–H groups in total. The first kappa shape index (κ1) is 15.4. The van der Waals surface area contributed by atoms with Crippen molar-refractivity contribution in [1.82, 2.24) is 4.98 Å². The van der Waals surface area contributed by atoms with E-state index >= 15 is 0 Å². The minimum atomic E-state index is -0.371. The van der Waals surface area contributed by atoms with Gasteiger partial charge < -0.3 is 14.2 Å². The summed E-state index contributed by atoms with van der Waals surface area (Å²) in [6.45, 7) is 5.99. The molecule has 1 heterocycles. The van der Waals surface area contributed by atoms with Crippen LogP contribution in [0.25, 0.3) is 0 Å². The zero-order valence-corrected chi connectivity index (χ0v) is 11.6. The first-order valence-electron chi connectivity index (χ1n) is 6.61. The van der Waals surface area contributed by atoms with Crippen LogP contribution < -0.4 is 4.74 Å². The van der Waals surface area contributed by atoms with E-state index in [0.29, 0.717) is 31.3 Å². The third kappa shape index (κ3) is 6.20. The Morgan fingerprint density at radius 3 is 2.68 bits per heavy atom. The predicted molar refractivity (Wildman–Crippen MR) is 71.4 cm³/mol. The fraction of sp³-hybridized carbons (Fsp3) is 0.571. The van der Waals surface area contributed by atoms with Crippen LogP contribution in [0.2, 0.25) is 0 Å². The van der Waals surface area contributed by atoms with Gasteiger partial charge in [0.15, 0.2) is 0 Å². The largest absolute Gasteiger partial charge is 0.475 e. The molecule has 0 spiro atoms. The summed E-state index contributed by atoms with van der Waals surface area (Å²) in [5.74, 6) is 0.108. The Morgan fingerprint density at radius 1 is 1.21 bits per heavy atom. The minimum absolute atomic E-state index is 0.353. The van der Waals surface area contributed by atoms with Crippen molar-refractivity contribution in [2.24, 2.45) is 0 Å². The molecule has 0 bridgehead atoms. The molecule has 0 fully saturated rings. The van der Waals surface area contributed by atoms with Gasteiger partial charge in [0.1, 0.15) is 6.61 Å². The first-order valence-corrected chi connectivity index (χ1v) is 6.61. The molecular formula is C14H21NO4. The van der Waals surface area contributed by atoms with Crippen molar-refractivity contribution in [3.05, 3.63) is 23.9 Å². The molecule has 0 saturated heterocycles. The van der Waals surface area contributed by atoms with Crippen LogP contribution in [0.1, 0.15) is 37.0 Å². The van der Waals surface area contributed by atoms with Crippen molar-refractivity contribution in [2.75, 3.05) is 26.4 Å². The zero-order chi connectivity index (χ0) is 13.9. The zero-order valence-electron chi connectivity index (χ0n) is 11.6. The number of esters is 1. The smallest absolute Gasteiger partial charge is 0.339 e. The second-order valence-corrected chi connectivity index (χ2v) is 3.92. The van der Waals surface area contributed by atoms with Crippen molar-refractivity contribution in [3.8, 4) is 5.88 Å². The van der Waals surface area contributed by atoms with E-state index < -0.39 is 0 Å². The number of hydrogen-bond acceptors (Lipinski definition) is 5. The Morgan fingerprint density at radius 2 is 2.05 bits per heavy atom. The Hall–Kier alpha value is -1.62.